The van der Waals surface area contributed by atoms with E-state index in [9.17, 15) is 14.0 Å². The van der Waals surface area contributed by atoms with Gasteiger partial charge in [-0.1, -0.05) is 0 Å². The highest BCUT2D eigenvalue weighted by Gasteiger charge is 2.13. The van der Waals surface area contributed by atoms with E-state index < -0.39 is 17.6 Å². The highest BCUT2D eigenvalue weighted by molar-refractivity contribution is 6.39. The molecule has 6 heteroatoms. The number of hydrogen-bond donors (Lipinski definition) is 2. The molecule has 17 heavy (non-hydrogen) atoms. The fraction of sp³-hybridized carbons (Fsp3) is 0.182. The topological polar surface area (TPSA) is 82.0 Å². The lowest BCUT2D eigenvalue weighted by Crippen LogP contribution is -2.35. The van der Waals surface area contributed by atoms with Gasteiger partial charge in [-0.2, -0.15) is 5.26 Å². The number of benzene rings is 1. The summed E-state index contributed by atoms with van der Waals surface area (Å²) in [5, 5.41) is 12.5. The number of amides is 2. The van der Waals surface area contributed by atoms with Crippen molar-refractivity contribution in [1.29, 1.82) is 5.26 Å². The van der Waals surface area contributed by atoms with E-state index in [4.69, 9.17) is 5.26 Å². The minimum atomic E-state index is -0.940. The van der Waals surface area contributed by atoms with E-state index >= 15 is 0 Å². The molecule has 0 bridgehead atoms. The second kappa shape index (κ2) is 5.61. The maximum Gasteiger partial charge on any atom is 0.313 e. The van der Waals surface area contributed by atoms with Gasteiger partial charge in [-0.15, -0.1) is 0 Å². The fourth-order valence-corrected chi connectivity index (χ4v) is 1.20. The molecular formula is C11H10FN3O2. The third-order valence-corrected chi connectivity index (χ3v) is 1.83. The number of anilines is 1. The van der Waals surface area contributed by atoms with Crippen molar-refractivity contribution in [2.24, 2.45) is 0 Å². The predicted octanol–water partition coefficient (Wildman–Crippen LogP) is 0.712. The van der Waals surface area contributed by atoms with Crippen LogP contribution in [0, 0.1) is 24.1 Å². The summed E-state index contributed by atoms with van der Waals surface area (Å²) < 4.78 is 13.0. The van der Waals surface area contributed by atoms with Crippen LogP contribution in [0.5, 0.6) is 0 Å². The molecule has 1 aromatic rings. The van der Waals surface area contributed by atoms with Crippen LogP contribution < -0.4 is 10.6 Å². The van der Waals surface area contributed by atoms with Crippen LogP contribution in [0.1, 0.15) is 5.56 Å². The van der Waals surface area contributed by atoms with Gasteiger partial charge in [-0.3, -0.25) is 9.59 Å². The minimum Gasteiger partial charge on any atom is -0.335 e. The molecule has 2 N–H and O–H groups in total. The summed E-state index contributed by atoms with van der Waals surface area (Å²) in [5.41, 5.74) is 0.817. The molecule has 1 aromatic carbocycles. The minimum absolute atomic E-state index is 0.194. The second-order valence-electron chi connectivity index (χ2n) is 3.31. The molecule has 0 fully saturated rings. The molecule has 0 aliphatic heterocycles. The quantitative estimate of drug-likeness (QED) is 0.585. The summed E-state index contributed by atoms with van der Waals surface area (Å²) in [5.74, 6) is -2.38. The number of carbonyl (C=O) groups excluding carboxylic acids is 2. The monoisotopic (exact) mass is 235 g/mol. The smallest absolute Gasteiger partial charge is 0.313 e. The van der Waals surface area contributed by atoms with E-state index in [1.165, 1.54) is 12.1 Å². The Balaban J connectivity index is 2.68. The first kappa shape index (κ1) is 12.6. The number of halogens is 1. The maximum atomic E-state index is 13.0. The van der Waals surface area contributed by atoms with Crippen LogP contribution in [-0.2, 0) is 9.59 Å². The van der Waals surface area contributed by atoms with Crippen molar-refractivity contribution >= 4 is 17.5 Å². The number of aryl methyl sites for hydroxylation is 1. The molecule has 2 amide bonds. The Morgan fingerprint density at radius 1 is 1.35 bits per heavy atom. The van der Waals surface area contributed by atoms with Gasteiger partial charge in [-0.25, -0.2) is 4.39 Å². The first-order valence-electron chi connectivity index (χ1n) is 4.76. The lowest BCUT2D eigenvalue weighted by Gasteiger charge is -2.05. The highest BCUT2D eigenvalue weighted by atomic mass is 19.1. The maximum absolute atomic E-state index is 13.0. The molecule has 0 atom stereocenters. The van der Waals surface area contributed by atoms with Gasteiger partial charge in [-0.05, 0) is 30.7 Å². The average Bonchev–Trinajstić information content (AvgIpc) is 2.24. The normalized spacial score (nSPS) is 9.24. The van der Waals surface area contributed by atoms with Gasteiger partial charge in [0.15, 0.2) is 0 Å². The number of nitriles is 1. The molecule has 0 spiro atoms. The molecule has 0 aliphatic carbocycles. The van der Waals surface area contributed by atoms with Crippen molar-refractivity contribution in [2.75, 3.05) is 11.9 Å². The van der Waals surface area contributed by atoms with Crippen molar-refractivity contribution in [3.05, 3.63) is 29.6 Å². The Labute approximate surface area is 97.2 Å². The summed E-state index contributed by atoms with van der Waals surface area (Å²) in [6, 6.07) is 5.59. The standard InChI is InChI=1S/C11H10FN3O2/c1-7-4-8(12)6-9(5-7)15-11(17)10(16)14-3-2-13/h4-6H,3H2,1H3,(H,14,16)(H,15,17). The van der Waals surface area contributed by atoms with E-state index in [2.05, 4.69) is 10.6 Å². The number of nitrogens with one attached hydrogen (secondary N) is 2. The van der Waals surface area contributed by atoms with E-state index in [-0.39, 0.29) is 12.2 Å². The van der Waals surface area contributed by atoms with Crippen LogP contribution in [0.15, 0.2) is 18.2 Å². The molecule has 0 saturated heterocycles. The van der Waals surface area contributed by atoms with Gasteiger partial charge in [0, 0.05) is 5.69 Å². The van der Waals surface area contributed by atoms with Crippen LogP contribution >= 0.6 is 0 Å². The van der Waals surface area contributed by atoms with Gasteiger partial charge in [0.05, 0.1) is 6.07 Å². The Hall–Kier alpha value is -2.42. The zero-order chi connectivity index (χ0) is 12.8. The predicted molar refractivity (Wildman–Crippen MR) is 58.4 cm³/mol. The number of nitrogens with zero attached hydrogens (tertiary/aromatic N) is 1. The van der Waals surface area contributed by atoms with E-state index in [1.54, 1.807) is 13.0 Å². The molecule has 88 valence electrons. The Bertz CT molecular complexity index is 474. The lowest BCUT2D eigenvalue weighted by atomic mass is 10.2. The lowest BCUT2D eigenvalue weighted by molar-refractivity contribution is -0.136. The first-order chi connectivity index (χ1) is 8.02. The number of rotatable bonds is 2. The van der Waals surface area contributed by atoms with Gasteiger partial charge < -0.3 is 10.6 Å². The van der Waals surface area contributed by atoms with Crippen LogP contribution in [0.4, 0.5) is 10.1 Å². The van der Waals surface area contributed by atoms with Crippen molar-refractivity contribution in [3.63, 3.8) is 0 Å². The van der Waals surface area contributed by atoms with Gasteiger partial charge >= 0.3 is 11.8 Å². The summed E-state index contributed by atoms with van der Waals surface area (Å²) in [7, 11) is 0. The molecule has 5 nitrogen and oxygen atoms in total. The van der Waals surface area contributed by atoms with Crippen molar-refractivity contribution in [1.82, 2.24) is 5.32 Å². The van der Waals surface area contributed by atoms with Gasteiger partial charge in [0.2, 0.25) is 0 Å². The summed E-state index contributed by atoms with van der Waals surface area (Å²) >= 11 is 0. The number of hydrogen-bond acceptors (Lipinski definition) is 3. The molecular weight excluding hydrogens is 225 g/mol. The van der Waals surface area contributed by atoms with Gasteiger partial charge in [0.25, 0.3) is 0 Å². The van der Waals surface area contributed by atoms with Crippen molar-refractivity contribution in [3.8, 4) is 6.07 Å². The summed E-state index contributed by atoms with van der Waals surface area (Å²) in [4.78, 5) is 22.4. The Kier molecular flexibility index (Phi) is 4.17. The second-order valence-corrected chi connectivity index (χ2v) is 3.31. The zero-order valence-corrected chi connectivity index (χ0v) is 9.08. The molecule has 0 unspecified atom stereocenters. The van der Waals surface area contributed by atoms with E-state index in [0.717, 1.165) is 6.07 Å². The molecule has 0 aromatic heterocycles. The van der Waals surface area contributed by atoms with Crippen molar-refractivity contribution < 1.29 is 14.0 Å². The molecule has 0 radical (unpaired) electrons. The van der Waals surface area contributed by atoms with Gasteiger partial charge in [0.1, 0.15) is 12.4 Å². The Morgan fingerprint density at radius 2 is 2.06 bits per heavy atom. The number of carbonyl (C=O) groups is 2. The first-order valence-corrected chi connectivity index (χ1v) is 4.76. The van der Waals surface area contributed by atoms with Crippen molar-refractivity contribution in [2.45, 2.75) is 6.92 Å². The third kappa shape index (κ3) is 3.91. The van der Waals surface area contributed by atoms with Crippen LogP contribution in [0.3, 0.4) is 0 Å². The van der Waals surface area contributed by atoms with Crippen LogP contribution in [0.25, 0.3) is 0 Å². The molecule has 1 rings (SSSR count). The third-order valence-electron chi connectivity index (χ3n) is 1.83. The SMILES string of the molecule is Cc1cc(F)cc(NC(=O)C(=O)NCC#N)c1. The molecule has 0 aliphatic rings. The van der Waals surface area contributed by atoms with Crippen LogP contribution in [-0.4, -0.2) is 18.4 Å². The molecule has 0 saturated carbocycles. The fourth-order valence-electron chi connectivity index (χ4n) is 1.20. The van der Waals surface area contributed by atoms with E-state index in [0.29, 0.717) is 5.56 Å². The summed E-state index contributed by atoms with van der Waals surface area (Å²) in [6.07, 6.45) is 0. The summed E-state index contributed by atoms with van der Waals surface area (Å²) in [6.45, 7) is 1.41. The highest BCUT2D eigenvalue weighted by Crippen LogP contribution is 2.12. The zero-order valence-electron chi connectivity index (χ0n) is 9.08. The van der Waals surface area contributed by atoms with E-state index in [1.807, 2.05) is 0 Å². The van der Waals surface area contributed by atoms with Crippen LogP contribution in [0.2, 0.25) is 0 Å². The largest absolute Gasteiger partial charge is 0.335 e. The Morgan fingerprint density at radius 3 is 2.65 bits per heavy atom. The molecule has 0 heterocycles. The average molecular weight is 235 g/mol.